The van der Waals surface area contributed by atoms with Gasteiger partial charge in [0.1, 0.15) is 5.82 Å². The number of hydrogen-bond acceptors (Lipinski definition) is 2. The summed E-state index contributed by atoms with van der Waals surface area (Å²) in [6.07, 6.45) is 1.88. The van der Waals surface area contributed by atoms with Crippen molar-refractivity contribution in [3.05, 3.63) is 34.6 Å². The fraction of sp³-hybridized carbons (Fsp3) is 0.538. The second-order valence-corrected chi connectivity index (χ2v) is 5.05. The molecule has 2 nitrogen and oxygen atoms in total. The molecule has 0 radical (unpaired) electrons. The van der Waals surface area contributed by atoms with Crippen LogP contribution in [0.4, 0.5) is 4.39 Å². The number of rotatable bonds is 4. The monoisotopic (exact) mass is 256 g/mol. The minimum absolute atomic E-state index is 0.160. The van der Waals surface area contributed by atoms with Crippen LogP contribution in [-0.2, 0) is 6.42 Å². The third-order valence-electron chi connectivity index (χ3n) is 3.40. The van der Waals surface area contributed by atoms with E-state index in [2.05, 4.69) is 17.3 Å². The van der Waals surface area contributed by atoms with Gasteiger partial charge in [0.2, 0.25) is 0 Å². The van der Waals surface area contributed by atoms with E-state index >= 15 is 0 Å². The van der Waals surface area contributed by atoms with Gasteiger partial charge in [-0.25, -0.2) is 4.39 Å². The molecule has 0 aromatic heterocycles. The van der Waals surface area contributed by atoms with E-state index in [1.54, 1.807) is 12.1 Å². The first-order chi connectivity index (χ1) is 8.16. The van der Waals surface area contributed by atoms with Crippen molar-refractivity contribution < 1.29 is 4.39 Å². The van der Waals surface area contributed by atoms with E-state index in [1.165, 1.54) is 12.5 Å². The van der Waals surface area contributed by atoms with Crippen molar-refractivity contribution in [2.45, 2.75) is 18.9 Å². The molecule has 94 valence electrons. The van der Waals surface area contributed by atoms with Crippen molar-refractivity contribution in [2.24, 2.45) is 0 Å². The number of halogens is 2. The second kappa shape index (κ2) is 5.80. The first-order valence-electron chi connectivity index (χ1n) is 6.01. The van der Waals surface area contributed by atoms with Gasteiger partial charge in [0.15, 0.2) is 0 Å². The van der Waals surface area contributed by atoms with Crippen LogP contribution >= 0.6 is 11.6 Å². The lowest BCUT2D eigenvalue weighted by molar-refractivity contribution is 0.259. The topological polar surface area (TPSA) is 15.3 Å². The molecule has 0 amide bonds. The summed E-state index contributed by atoms with van der Waals surface area (Å²) in [6, 6.07) is 5.33. The molecule has 0 spiro atoms. The number of benzene rings is 1. The van der Waals surface area contributed by atoms with Gasteiger partial charge in [-0.1, -0.05) is 11.6 Å². The predicted octanol–water partition coefficient (Wildman–Crippen LogP) is 2.32. The van der Waals surface area contributed by atoms with E-state index in [-0.39, 0.29) is 5.82 Å². The van der Waals surface area contributed by atoms with Crippen LogP contribution in [0.1, 0.15) is 12.0 Å². The molecule has 4 heteroatoms. The summed E-state index contributed by atoms with van der Waals surface area (Å²) in [4.78, 5) is 2.29. The summed E-state index contributed by atoms with van der Waals surface area (Å²) in [7, 11) is 2.10. The summed E-state index contributed by atoms with van der Waals surface area (Å²) in [5, 5.41) is 3.94. The summed E-state index contributed by atoms with van der Waals surface area (Å²) in [5.74, 6) is -0.160. The van der Waals surface area contributed by atoms with Crippen LogP contribution in [0.5, 0.6) is 0 Å². The van der Waals surface area contributed by atoms with E-state index in [9.17, 15) is 4.39 Å². The van der Waals surface area contributed by atoms with Crippen LogP contribution in [0.3, 0.4) is 0 Å². The molecular weight excluding hydrogens is 239 g/mol. The van der Waals surface area contributed by atoms with Crippen LogP contribution in [0.25, 0.3) is 0 Å². The van der Waals surface area contributed by atoms with E-state index in [0.717, 1.165) is 19.6 Å². The molecule has 1 fully saturated rings. The van der Waals surface area contributed by atoms with Gasteiger partial charge < -0.3 is 10.2 Å². The van der Waals surface area contributed by atoms with Crippen LogP contribution in [-0.4, -0.2) is 37.6 Å². The zero-order valence-electron chi connectivity index (χ0n) is 10.0. The van der Waals surface area contributed by atoms with Crippen LogP contribution < -0.4 is 5.32 Å². The average Bonchev–Trinajstić information content (AvgIpc) is 2.83. The number of hydrogen-bond donors (Lipinski definition) is 1. The highest BCUT2D eigenvalue weighted by atomic mass is 35.5. The molecule has 1 unspecified atom stereocenters. The Labute approximate surface area is 107 Å². The molecule has 1 aromatic carbocycles. The molecule has 2 rings (SSSR count). The zero-order chi connectivity index (χ0) is 12.3. The van der Waals surface area contributed by atoms with Gasteiger partial charge in [-0.15, -0.1) is 0 Å². The van der Waals surface area contributed by atoms with E-state index in [0.29, 0.717) is 23.0 Å². The number of nitrogens with one attached hydrogen (secondary N) is 1. The standard InChI is InChI=1S/C13H18ClFN2/c1-17(12-4-6-16-9-12)7-5-10-8-11(14)2-3-13(10)15/h2-3,8,12,16H,4-7,9H2,1H3. The second-order valence-electron chi connectivity index (χ2n) is 4.61. The molecule has 1 saturated heterocycles. The van der Waals surface area contributed by atoms with Crippen molar-refractivity contribution in [1.29, 1.82) is 0 Å². The van der Waals surface area contributed by atoms with Crippen LogP contribution in [0.2, 0.25) is 5.02 Å². The van der Waals surface area contributed by atoms with Gasteiger partial charge in [0.25, 0.3) is 0 Å². The van der Waals surface area contributed by atoms with Gasteiger partial charge in [-0.3, -0.25) is 0 Å². The first kappa shape index (κ1) is 12.8. The Bertz CT molecular complexity index is 378. The summed E-state index contributed by atoms with van der Waals surface area (Å²) >= 11 is 5.87. The molecule has 1 N–H and O–H groups in total. The predicted molar refractivity (Wildman–Crippen MR) is 69.0 cm³/mol. The highest BCUT2D eigenvalue weighted by molar-refractivity contribution is 6.30. The van der Waals surface area contributed by atoms with E-state index in [4.69, 9.17) is 11.6 Å². The maximum absolute atomic E-state index is 13.5. The molecule has 1 aliphatic heterocycles. The molecule has 0 aliphatic carbocycles. The van der Waals surface area contributed by atoms with E-state index < -0.39 is 0 Å². The lowest BCUT2D eigenvalue weighted by atomic mass is 10.1. The van der Waals surface area contributed by atoms with Gasteiger partial charge >= 0.3 is 0 Å². The minimum atomic E-state index is -0.160. The zero-order valence-corrected chi connectivity index (χ0v) is 10.8. The maximum atomic E-state index is 13.5. The SMILES string of the molecule is CN(CCc1cc(Cl)ccc1F)C1CCNC1. The Kier molecular flexibility index (Phi) is 4.37. The van der Waals surface area contributed by atoms with Gasteiger partial charge in [-0.05, 0) is 50.2 Å². The third kappa shape index (κ3) is 3.41. The Morgan fingerprint density at radius 3 is 3.06 bits per heavy atom. The maximum Gasteiger partial charge on any atom is 0.126 e. The summed E-state index contributed by atoms with van der Waals surface area (Å²) in [5.41, 5.74) is 0.704. The molecule has 1 aliphatic rings. The smallest absolute Gasteiger partial charge is 0.126 e. The minimum Gasteiger partial charge on any atom is -0.315 e. The summed E-state index contributed by atoms with van der Waals surface area (Å²) < 4.78 is 13.5. The lowest BCUT2D eigenvalue weighted by Crippen LogP contribution is -2.34. The Balaban J connectivity index is 1.90. The Hall–Kier alpha value is -0.640. The Morgan fingerprint density at radius 2 is 2.35 bits per heavy atom. The normalized spacial score (nSPS) is 20.1. The van der Waals surface area contributed by atoms with Crippen molar-refractivity contribution in [1.82, 2.24) is 10.2 Å². The van der Waals surface area contributed by atoms with Gasteiger partial charge in [0.05, 0.1) is 0 Å². The van der Waals surface area contributed by atoms with Crippen LogP contribution in [0, 0.1) is 5.82 Å². The Morgan fingerprint density at radius 1 is 1.53 bits per heavy atom. The molecule has 0 saturated carbocycles. The van der Waals surface area contributed by atoms with Gasteiger partial charge in [0, 0.05) is 24.2 Å². The van der Waals surface area contributed by atoms with Crippen molar-refractivity contribution in [3.63, 3.8) is 0 Å². The van der Waals surface area contributed by atoms with E-state index in [1.807, 2.05) is 0 Å². The largest absolute Gasteiger partial charge is 0.315 e. The molecule has 17 heavy (non-hydrogen) atoms. The molecular formula is C13H18ClFN2. The highest BCUT2D eigenvalue weighted by Crippen LogP contribution is 2.16. The van der Waals surface area contributed by atoms with Gasteiger partial charge in [-0.2, -0.15) is 0 Å². The molecule has 1 aromatic rings. The fourth-order valence-electron chi connectivity index (χ4n) is 2.23. The number of likely N-dealkylation sites (N-methyl/N-ethyl adjacent to an activating group) is 1. The highest BCUT2D eigenvalue weighted by Gasteiger charge is 2.18. The lowest BCUT2D eigenvalue weighted by Gasteiger charge is -2.23. The average molecular weight is 257 g/mol. The number of nitrogens with zero attached hydrogens (tertiary/aromatic N) is 1. The van der Waals surface area contributed by atoms with Crippen molar-refractivity contribution in [2.75, 3.05) is 26.7 Å². The summed E-state index contributed by atoms with van der Waals surface area (Å²) in [6.45, 7) is 2.98. The first-order valence-corrected chi connectivity index (χ1v) is 6.39. The molecule has 1 atom stereocenters. The fourth-order valence-corrected chi connectivity index (χ4v) is 2.42. The molecule has 1 heterocycles. The van der Waals surface area contributed by atoms with Crippen LogP contribution in [0.15, 0.2) is 18.2 Å². The molecule has 0 bridgehead atoms. The van der Waals surface area contributed by atoms with Crippen molar-refractivity contribution >= 4 is 11.6 Å². The van der Waals surface area contributed by atoms with Crippen molar-refractivity contribution in [3.8, 4) is 0 Å². The quantitative estimate of drug-likeness (QED) is 0.890. The third-order valence-corrected chi connectivity index (χ3v) is 3.63.